The Morgan fingerprint density at radius 2 is 2.15 bits per heavy atom. The van der Waals surface area contributed by atoms with Crippen molar-refractivity contribution in [2.75, 3.05) is 30.5 Å². The Bertz CT molecular complexity index is 445. The molecule has 0 bridgehead atoms. The predicted octanol–water partition coefficient (Wildman–Crippen LogP) is 3.87. The fourth-order valence-corrected chi connectivity index (χ4v) is 3.71. The Labute approximate surface area is 129 Å². The van der Waals surface area contributed by atoms with E-state index in [0.29, 0.717) is 16.7 Å². The Kier molecular flexibility index (Phi) is 7.40. The Morgan fingerprint density at radius 3 is 2.70 bits per heavy atom. The van der Waals surface area contributed by atoms with Crippen molar-refractivity contribution >= 4 is 39.6 Å². The number of nitrogen functional groups attached to an aromatic ring is 1. The number of carbonyl (C=O) groups is 1. The van der Waals surface area contributed by atoms with Crippen molar-refractivity contribution in [3.05, 3.63) is 4.88 Å². The largest absolute Gasteiger partial charge is 0.396 e. The van der Waals surface area contributed by atoms with Crippen LogP contribution in [-0.2, 0) is 4.74 Å². The molecule has 0 aromatic carbocycles. The molecular weight excluding hydrogens is 292 g/mol. The van der Waals surface area contributed by atoms with Gasteiger partial charge in [-0.1, -0.05) is 0 Å². The Hall–Kier alpha value is -0.720. The zero-order chi connectivity index (χ0) is 15.1. The average Bonchev–Trinajstić information content (AvgIpc) is 2.69. The highest BCUT2D eigenvalue weighted by Gasteiger charge is 2.17. The van der Waals surface area contributed by atoms with Crippen LogP contribution in [0.15, 0.2) is 4.90 Å². The molecule has 0 unspecified atom stereocenters. The van der Waals surface area contributed by atoms with Crippen LogP contribution in [0.1, 0.15) is 43.3 Å². The first-order valence-corrected chi connectivity index (χ1v) is 8.84. The molecule has 0 spiro atoms. The van der Waals surface area contributed by atoms with Crippen LogP contribution in [-0.4, -0.2) is 31.3 Å². The molecular formula is C14H24N2O2S2. The second-order valence-corrected chi connectivity index (χ2v) is 6.65. The number of nitrogens with two attached hydrogens (primary N) is 1. The molecule has 1 rings (SSSR count). The summed E-state index contributed by atoms with van der Waals surface area (Å²) < 4.78 is 5.50. The average molecular weight is 316 g/mol. The van der Waals surface area contributed by atoms with Crippen LogP contribution in [0.2, 0.25) is 0 Å². The number of hydrogen-bond donors (Lipinski definition) is 2. The van der Waals surface area contributed by atoms with Crippen molar-refractivity contribution in [3.8, 4) is 0 Å². The summed E-state index contributed by atoms with van der Waals surface area (Å²) >= 11 is 3.03. The highest BCUT2D eigenvalue weighted by molar-refractivity contribution is 7.99. The maximum atomic E-state index is 11.5. The van der Waals surface area contributed by atoms with Crippen LogP contribution in [0.3, 0.4) is 0 Å². The maximum Gasteiger partial charge on any atom is 0.171 e. The topological polar surface area (TPSA) is 64.3 Å². The zero-order valence-electron chi connectivity index (χ0n) is 12.6. The van der Waals surface area contributed by atoms with Gasteiger partial charge in [-0.2, -0.15) is 0 Å². The molecule has 0 fully saturated rings. The number of thioether (sulfide) groups is 1. The molecule has 0 amide bonds. The molecule has 6 heteroatoms. The maximum absolute atomic E-state index is 11.5. The van der Waals surface area contributed by atoms with Gasteiger partial charge in [0.05, 0.1) is 21.6 Å². The predicted molar refractivity (Wildman–Crippen MR) is 89.3 cm³/mol. The summed E-state index contributed by atoms with van der Waals surface area (Å²) in [6.45, 7) is 7.30. The van der Waals surface area contributed by atoms with Gasteiger partial charge in [-0.15, -0.1) is 23.1 Å². The molecule has 0 saturated heterocycles. The van der Waals surface area contributed by atoms with Gasteiger partial charge in [-0.05, 0) is 32.9 Å². The summed E-state index contributed by atoms with van der Waals surface area (Å²) in [5, 5.41) is 4.38. The zero-order valence-corrected chi connectivity index (χ0v) is 14.2. The number of anilines is 2. The van der Waals surface area contributed by atoms with E-state index >= 15 is 0 Å². The number of rotatable bonds is 9. The standard InChI is InChI=1S/C14H24N2O2S2/c1-9(2)18-8-6-5-7-16-14-13(19-4)11(15)12(20-14)10(3)17/h9,16H,5-8,15H2,1-4H3. The van der Waals surface area contributed by atoms with Gasteiger partial charge < -0.3 is 15.8 Å². The first-order valence-electron chi connectivity index (χ1n) is 6.80. The number of Topliss-reactive ketones (excluding diaryl/α,β-unsaturated/α-hetero) is 1. The van der Waals surface area contributed by atoms with Gasteiger partial charge in [-0.25, -0.2) is 0 Å². The lowest BCUT2D eigenvalue weighted by Gasteiger charge is -2.08. The molecule has 1 heterocycles. The molecule has 0 radical (unpaired) electrons. The normalized spacial score (nSPS) is 11.1. The molecule has 0 aliphatic carbocycles. The van der Waals surface area contributed by atoms with E-state index in [-0.39, 0.29) is 5.78 Å². The lowest BCUT2D eigenvalue weighted by molar-refractivity contribution is 0.0765. The molecule has 1 aromatic heterocycles. The third-order valence-electron chi connectivity index (χ3n) is 2.73. The quantitative estimate of drug-likeness (QED) is 0.411. The van der Waals surface area contributed by atoms with E-state index in [9.17, 15) is 4.79 Å². The molecule has 114 valence electrons. The minimum atomic E-state index is 0.0289. The van der Waals surface area contributed by atoms with E-state index in [1.165, 1.54) is 11.3 Å². The number of hydrogen-bond acceptors (Lipinski definition) is 6. The van der Waals surface area contributed by atoms with Crippen LogP contribution in [0.25, 0.3) is 0 Å². The molecule has 1 aromatic rings. The van der Waals surface area contributed by atoms with Gasteiger partial charge in [0.2, 0.25) is 0 Å². The first kappa shape index (κ1) is 17.3. The minimum Gasteiger partial charge on any atom is -0.396 e. The first-order chi connectivity index (χ1) is 9.47. The van der Waals surface area contributed by atoms with Crippen molar-refractivity contribution in [1.29, 1.82) is 0 Å². The summed E-state index contributed by atoms with van der Waals surface area (Å²) in [5.41, 5.74) is 6.62. The number of unbranched alkanes of at least 4 members (excludes halogenated alkanes) is 1. The van der Waals surface area contributed by atoms with Crippen molar-refractivity contribution in [2.24, 2.45) is 0 Å². The van der Waals surface area contributed by atoms with E-state index in [1.54, 1.807) is 18.7 Å². The minimum absolute atomic E-state index is 0.0289. The molecule has 0 aliphatic rings. The number of ether oxygens (including phenoxy) is 1. The SMILES string of the molecule is CSc1c(NCCCCOC(C)C)sc(C(C)=O)c1N. The lowest BCUT2D eigenvalue weighted by Crippen LogP contribution is -2.06. The molecule has 4 nitrogen and oxygen atoms in total. The van der Waals surface area contributed by atoms with E-state index in [0.717, 1.165) is 35.9 Å². The summed E-state index contributed by atoms with van der Waals surface area (Å²) in [4.78, 5) is 13.1. The molecule has 0 aliphatic heterocycles. The van der Waals surface area contributed by atoms with Gasteiger partial charge in [0.1, 0.15) is 5.00 Å². The van der Waals surface area contributed by atoms with Crippen molar-refractivity contribution < 1.29 is 9.53 Å². The smallest absolute Gasteiger partial charge is 0.171 e. The lowest BCUT2D eigenvalue weighted by atomic mass is 10.3. The van der Waals surface area contributed by atoms with Gasteiger partial charge in [0, 0.05) is 20.1 Å². The van der Waals surface area contributed by atoms with E-state index < -0.39 is 0 Å². The number of nitrogens with one attached hydrogen (secondary N) is 1. The van der Waals surface area contributed by atoms with E-state index in [4.69, 9.17) is 10.5 Å². The van der Waals surface area contributed by atoms with Crippen LogP contribution < -0.4 is 11.1 Å². The summed E-state index contributed by atoms with van der Waals surface area (Å²) in [6, 6.07) is 0. The second-order valence-electron chi connectivity index (χ2n) is 4.82. The van der Waals surface area contributed by atoms with Crippen molar-refractivity contribution in [1.82, 2.24) is 0 Å². The van der Waals surface area contributed by atoms with Crippen LogP contribution in [0.5, 0.6) is 0 Å². The van der Waals surface area contributed by atoms with Crippen LogP contribution in [0.4, 0.5) is 10.7 Å². The third-order valence-corrected chi connectivity index (χ3v) is 4.96. The van der Waals surface area contributed by atoms with Crippen molar-refractivity contribution in [2.45, 2.75) is 44.6 Å². The Morgan fingerprint density at radius 1 is 1.45 bits per heavy atom. The molecule has 20 heavy (non-hydrogen) atoms. The van der Waals surface area contributed by atoms with Crippen LogP contribution in [0, 0.1) is 0 Å². The van der Waals surface area contributed by atoms with Crippen molar-refractivity contribution in [3.63, 3.8) is 0 Å². The summed E-state index contributed by atoms with van der Waals surface area (Å²) in [6.07, 6.45) is 4.33. The van der Waals surface area contributed by atoms with Gasteiger partial charge >= 0.3 is 0 Å². The molecule has 0 atom stereocenters. The number of carbonyl (C=O) groups excluding carboxylic acids is 1. The van der Waals surface area contributed by atoms with E-state index in [1.807, 2.05) is 20.1 Å². The molecule has 0 saturated carbocycles. The third kappa shape index (κ3) is 5.00. The number of thiophene rings is 1. The fourth-order valence-electron chi connectivity index (χ4n) is 1.76. The highest BCUT2D eigenvalue weighted by Crippen LogP contribution is 2.41. The van der Waals surface area contributed by atoms with Crippen LogP contribution >= 0.6 is 23.1 Å². The van der Waals surface area contributed by atoms with E-state index in [2.05, 4.69) is 5.32 Å². The second kappa shape index (κ2) is 8.54. The highest BCUT2D eigenvalue weighted by atomic mass is 32.2. The fraction of sp³-hybridized carbons (Fsp3) is 0.643. The Balaban J connectivity index is 2.47. The summed E-state index contributed by atoms with van der Waals surface area (Å²) in [5.74, 6) is 0.0289. The van der Waals surface area contributed by atoms with Gasteiger partial charge in [-0.3, -0.25) is 4.79 Å². The molecule has 3 N–H and O–H groups in total. The monoisotopic (exact) mass is 316 g/mol. The van der Waals surface area contributed by atoms with Gasteiger partial charge in [0.15, 0.2) is 5.78 Å². The summed E-state index contributed by atoms with van der Waals surface area (Å²) in [7, 11) is 0. The number of ketones is 1. The van der Waals surface area contributed by atoms with Gasteiger partial charge in [0.25, 0.3) is 0 Å².